The molecule has 0 saturated carbocycles. The number of unbranched alkanes of at least 4 members (excludes halogenated alkanes) is 18. The first-order valence-electron chi connectivity index (χ1n) is 16.7. The number of hydrogen-bond acceptors (Lipinski definition) is 6. The SMILES string of the molecule is CCCCCCCCCCCCOC(=O)Nc1cccc(OC(=O)OCCCCCCCCCCCC)c1OCC. The van der Waals surface area contributed by atoms with Gasteiger partial charge in [-0.2, -0.15) is 0 Å². The van der Waals surface area contributed by atoms with Crippen molar-refractivity contribution in [2.24, 2.45) is 0 Å². The Bertz CT molecular complexity index is 726. The van der Waals surface area contributed by atoms with E-state index in [1.54, 1.807) is 18.2 Å². The third-order valence-electron chi connectivity index (χ3n) is 7.15. The van der Waals surface area contributed by atoms with Crippen LogP contribution < -0.4 is 14.8 Å². The van der Waals surface area contributed by atoms with E-state index in [9.17, 15) is 9.59 Å². The van der Waals surface area contributed by atoms with Gasteiger partial charge < -0.3 is 18.9 Å². The lowest BCUT2D eigenvalue weighted by Gasteiger charge is -2.15. The molecule has 1 rings (SSSR count). The minimum absolute atomic E-state index is 0.201. The highest BCUT2D eigenvalue weighted by atomic mass is 16.7. The minimum atomic E-state index is -0.775. The zero-order valence-electron chi connectivity index (χ0n) is 26.4. The largest absolute Gasteiger partial charge is 0.513 e. The molecule has 1 aromatic carbocycles. The molecule has 0 atom stereocenters. The third-order valence-corrected chi connectivity index (χ3v) is 7.15. The molecule has 1 aromatic rings. The van der Waals surface area contributed by atoms with E-state index in [2.05, 4.69) is 19.2 Å². The van der Waals surface area contributed by atoms with Crippen LogP contribution in [0.4, 0.5) is 15.3 Å². The van der Waals surface area contributed by atoms with Crippen LogP contribution in [0.2, 0.25) is 0 Å². The number of nitrogens with one attached hydrogen (secondary N) is 1. The van der Waals surface area contributed by atoms with Crippen molar-refractivity contribution in [2.75, 3.05) is 25.1 Å². The van der Waals surface area contributed by atoms with Crippen LogP contribution in [0.3, 0.4) is 0 Å². The van der Waals surface area contributed by atoms with Gasteiger partial charge in [0.05, 0.1) is 25.5 Å². The van der Waals surface area contributed by atoms with E-state index in [-0.39, 0.29) is 11.5 Å². The van der Waals surface area contributed by atoms with Crippen molar-refractivity contribution in [1.82, 2.24) is 0 Å². The molecule has 1 amide bonds. The number of carbonyl (C=O) groups excluding carboxylic acids is 2. The summed E-state index contributed by atoms with van der Waals surface area (Å²) < 4.78 is 21.7. The monoisotopic (exact) mass is 577 g/mol. The predicted molar refractivity (Wildman–Crippen MR) is 168 cm³/mol. The molecule has 0 saturated heterocycles. The van der Waals surface area contributed by atoms with Gasteiger partial charge in [0.2, 0.25) is 0 Å². The smallest absolute Gasteiger partial charge is 0.488 e. The second kappa shape index (κ2) is 26.5. The van der Waals surface area contributed by atoms with E-state index in [0.29, 0.717) is 25.5 Å². The van der Waals surface area contributed by atoms with Crippen LogP contribution in [0.5, 0.6) is 11.5 Å². The zero-order chi connectivity index (χ0) is 29.8. The Morgan fingerprint density at radius 3 is 1.56 bits per heavy atom. The van der Waals surface area contributed by atoms with Crippen molar-refractivity contribution in [3.05, 3.63) is 18.2 Å². The molecule has 7 nitrogen and oxygen atoms in total. The van der Waals surface area contributed by atoms with Gasteiger partial charge in [-0.25, -0.2) is 9.59 Å². The highest BCUT2D eigenvalue weighted by Crippen LogP contribution is 2.36. The van der Waals surface area contributed by atoms with Gasteiger partial charge in [-0.15, -0.1) is 0 Å². The molecule has 41 heavy (non-hydrogen) atoms. The van der Waals surface area contributed by atoms with Crippen molar-refractivity contribution < 1.29 is 28.5 Å². The Labute approximate surface area is 250 Å². The van der Waals surface area contributed by atoms with Crippen LogP contribution in [0.1, 0.15) is 149 Å². The van der Waals surface area contributed by atoms with Gasteiger partial charge in [-0.1, -0.05) is 135 Å². The fourth-order valence-electron chi connectivity index (χ4n) is 4.75. The Kier molecular flexibility index (Phi) is 23.6. The second-order valence-corrected chi connectivity index (χ2v) is 10.9. The highest BCUT2D eigenvalue weighted by molar-refractivity contribution is 5.88. The van der Waals surface area contributed by atoms with E-state index in [0.717, 1.165) is 32.1 Å². The van der Waals surface area contributed by atoms with E-state index < -0.39 is 12.2 Å². The number of benzene rings is 1. The Morgan fingerprint density at radius 1 is 0.610 bits per heavy atom. The van der Waals surface area contributed by atoms with E-state index in [4.69, 9.17) is 18.9 Å². The molecule has 0 radical (unpaired) electrons. The minimum Gasteiger partial charge on any atom is -0.488 e. The normalized spacial score (nSPS) is 10.8. The maximum absolute atomic E-state index is 12.4. The first kappa shape index (κ1) is 36.6. The standard InChI is InChI=1S/C34H59NO6/c1-4-7-9-11-13-15-17-19-21-23-28-39-33(36)35-30-26-25-27-31(32(30)38-6-3)41-34(37)40-29-24-22-20-18-16-14-12-10-8-5-2/h25-27H,4-24,28-29H2,1-3H3,(H,35,36). The predicted octanol–water partition coefficient (Wildman–Crippen LogP) is 11.0. The number of ether oxygens (including phenoxy) is 4. The Hall–Kier alpha value is -2.44. The molecule has 7 heteroatoms. The summed E-state index contributed by atoms with van der Waals surface area (Å²) in [5.41, 5.74) is 0.389. The van der Waals surface area contributed by atoms with Gasteiger partial charge in [-0.05, 0) is 31.9 Å². The van der Waals surface area contributed by atoms with Gasteiger partial charge >= 0.3 is 12.2 Å². The summed E-state index contributed by atoms with van der Waals surface area (Å²) in [6, 6.07) is 4.99. The van der Waals surface area contributed by atoms with E-state index in [1.807, 2.05) is 6.92 Å². The molecule has 0 bridgehead atoms. The van der Waals surface area contributed by atoms with Gasteiger partial charge in [0.1, 0.15) is 0 Å². The molecule has 0 aliphatic rings. The molecule has 1 N–H and O–H groups in total. The molecular weight excluding hydrogens is 518 g/mol. The van der Waals surface area contributed by atoms with Gasteiger partial charge in [0.15, 0.2) is 11.5 Å². The maximum atomic E-state index is 12.4. The summed E-state index contributed by atoms with van der Waals surface area (Å²) in [4.78, 5) is 24.6. The molecule has 0 aliphatic heterocycles. The first-order chi connectivity index (χ1) is 20.1. The number of hydrogen-bond donors (Lipinski definition) is 1. The summed E-state index contributed by atoms with van der Waals surface area (Å²) in [7, 11) is 0. The lowest BCUT2D eigenvalue weighted by Crippen LogP contribution is -2.16. The topological polar surface area (TPSA) is 83.1 Å². The summed E-state index contributed by atoms with van der Waals surface area (Å²) in [5, 5.41) is 2.72. The Balaban J connectivity index is 2.28. The van der Waals surface area contributed by atoms with Crippen LogP contribution in [0.25, 0.3) is 0 Å². The van der Waals surface area contributed by atoms with E-state index in [1.165, 1.54) is 96.3 Å². The summed E-state index contributed by atoms with van der Waals surface area (Å²) in [6.45, 7) is 7.34. The average molecular weight is 578 g/mol. The molecule has 0 spiro atoms. The number of carbonyl (C=O) groups is 2. The molecule has 236 valence electrons. The lowest BCUT2D eigenvalue weighted by atomic mass is 10.1. The first-order valence-corrected chi connectivity index (χ1v) is 16.7. The molecule has 0 fully saturated rings. The molecule has 0 aromatic heterocycles. The van der Waals surface area contributed by atoms with Gasteiger partial charge in [0.25, 0.3) is 0 Å². The molecular formula is C34H59NO6. The quantitative estimate of drug-likeness (QED) is 0.0670. The lowest BCUT2D eigenvalue weighted by molar-refractivity contribution is 0.0959. The Morgan fingerprint density at radius 2 is 1.07 bits per heavy atom. The van der Waals surface area contributed by atoms with Crippen molar-refractivity contribution in [2.45, 2.75) is 149 Å². The van der Waals surface area contributed by atoms with Crippen molar-refractivity contribution in [3.63, 3.8) is 0 Å². The second-order valence-electron chi connectivity index (χ2n) is 10.9. The molecule has 0 aliphatic carbocycles. The van der Waals surface area contributed by atoms with Crippen LogP contribution in [0, 0.1) is 0 Å². The van der Waals surface area contributed by atoms with Crippen molar-refractivity contribution in [1.29, 1.82) is 0 Å². The number of rotatable bonds is 26. The van der Waals surface area contributed by atoms with Crippen molar-refractivity contribution >= 4 is 17.9 Å². The molecule has 0 heterocycles. The van der Waals surface area contributed by atoms with E-state index >= 15 is 0 Å². The van der Waals surface area contributed by atoms with Gasteiger partial charge in [0, 0.05) is 0 Å². The van der Waals surface area contributed by atoms with Crippen LogP contribution in [-0.2, 0) is 9.47 Å². The van der Waals surface area contributed by atoms with Crippen molar-refractivity contribution in [3.8, 4) is 11.5 Å². The van der Waals surface area contributed by atoms with Crippen LogP contribution in [-0.4, -0.2) is 32.1 Å². The number of anilines is 1. The third kappa shape index (κ3) is 20.1. The summed E-state index contributed by atoms with van der Waals surface area (Å²) >= 11 is 0. The fraction of sp³-hybridized carbons (Fsp3) is 0.765. The molecule has 0 unspecified atom stereocenters. The summed E-state index contributed by atoms with van der Waals surface area (Å²) in [5.74, 6) is 0.481. The maximum Gasteiger partial charge on any atom is 0.513 e. The number of amides is 1. The number of para-hydroxylation sites is 1. The van der Waals surface area contributed by atoms with Crippen LogP contribution in [0.15, 0.2) is 18.2 Å². The van der Waals surface area contributed by atoms with Gasteiger partial charge in [-0.3, -0.25) is 5.32 Å². The highest BCUT2D eigenvalue weighted by Gasteiger charge is 2.17. The average Bonchev–Trinajstić information content (AvgIpc) is 2.96. The summed E-state index contributed by atoms with van der Waals surface area (Å²) in [6.07, 6.45) is 23.0. The van der Waals surface area contributed by atoms with Crippen LogP contribution >= 0.6 is 0 Å². The fourth-order valence-corrected chi connectivity index (χ4v) is 4.75. The zero-order valence-corrected chi connectivity index (χ0v) is 26.4.